The molecule has 0 radical (unpaired) electrons. The second-order valence-corrected chi connectivity index (χ2v) is 13.1. The molecule has 0 unspecified atom stereocenters. The number of rotatable bonds is 4. The van der Waals surface area contributed by atoms with Crippen LogP contribution < -0.4 is 4.90 Å². The fourth-order valence-electron chi connectivity index (χ4n) is 5.39. The molecule has 0 N–H and O–H groups in total. The van der Waals surface area contributed by atoms with Gasteiger partial charge in [0.2, 0.25) is 0 Å². The molecule has 0 spiro atoms. The summed E-state index contributed by atoms with van der Waals surface area (Å²) in [6.07, 6.45) is 7.77. The van der Waals surface area contributed by atoms with Crippen LogP contribution in [0.4, 0.5) is 5.69 Å². The topological polar surface area (TPSA) is 3.24 Å². The van der Waals surface area contributed by atoms with Gasteiger partial charge in [0.25, 0.3) is 0 Å². The van der Waals surface area contributed by atoms with E-state index in [2.05, 4.69) is 95.0 Å². The van der Waals surface area contributed by atoms with Crippen molar-refractivity contribution in [1.82, 2.24) is 0 Å². The summed E-state index contributed by atoms with van der Waals surface area (Å²) in [6.45, 7) is 14.5. The molecule has 1 nitrogen and oxygen atoms in total. The molecule has 0 saturated heterocycles. The molecule has 35 heavy (non-hydrogen) atoms. The van der Waals surface area contributed by atoms with E-state index in [4.69, 9.17) is 11.6 Å². The summed E-state index contributed by atoms with van der Waals surface area (Å²) in [5.41, 5.74) is 8.07. The molecule has 0 saturated carbocycles. The number of nitrogens with zero attached hydrogens (tertiary/aromatic N) is 1. The first kappa shape index (κ1) is 24.7. The molecule has 1 aromatic heterocycles. The monoisotopic (exact) mass is 519 g/mol. The second kappa shape index (κ2) is 9.50. The van der Waals surface area contributed by atoms with Gasteiger partial charge in [-0.3, -0.25) is 0 Å². The quantitative estimate of drug-likeness (QED) is 0.337. The van der Waals surface area contributed by atoms with Crippen LogP contribution in [0, 0.1) is 19.3 Å². The Hall–Kier alpha value is -1.94. The van der Waals surface area contributed by atoms with Gasteiger partial charge in [-0.05, 0) is 109 Å². The lowest BCUT2D eigenvalue weighted by Crippen LogP contribution is -2.20. The number of halogens is 1. The van der Waals surface area contributed by atoms with E-state index in [0.717, 1.165) is 30.8 Å². The summed E-state index contributed by atoms with van der Waals surface area (Å²) < 4.78 is 1.38. The number of thiophene rings is 1. The molecule has 2 aliphatic rings. The van der Waals surface area contributed by atoms with Crippen LogP contribution in [0.25, 0.3) is 16.2 Å². The fraction of sp³-hybridized carbons (Fsp3) is 0.355. The smallest absolute Gasteiger partial charge is 0.0804 e. The van der Waals surface area contributed by atoms with E-state index in [0.29, 0.717) is 0 Å². The molecule has 0 bridgehead atoms. The Labute approximate surface area is 223 Å². The fourth-order valence-corrected chi connectivity index (χ4v) is 8.29. The highest BCUT2D eigenvalue weighted by Crippen LogP contribution is 2.50. The van der Waals surface area contributed by atoms with E-state index in [1.165, 1.54) is 58.4 Å². The Kier molecular flexibility index (Phi) is 6.72. The summed E-state index contributed by atoms with van der Waals surface area (Å²) in [5, 5.41) is 3.61. The van der Waals surface area contributed by atoms with Crippen LogP contribution in [0.15, 0.2) is 68.6 Å². The summed E-state index contributed by atoms with van der Waals surface area (Å²) in [7, 11) is 0. The van der Waals surface area contributed by atoms with Crippen molar-refractivity contribution >= 4 is 56.5 Å². The first-order chi connectivity index (χ1) is 16.7. The molecule has 182 valence electrons. The van der Waals surface area contributed by atoms with E-state index < -0.39 is 0 Å². The molecule has 2 heterocycles. The van der Waals surface area contributed by atoms with Crippen LogP contribution in [0.5, 0.6) is 0 Å². The minimum atomic E-state index is 0.167. The molecule has 3 aromatic rings. The van der Waals surface area contributed by atoms with Crippen LogP contribution in [0.2, 0.25) is 0 Å². The van der Waals surface area contributed by atoms with Crippen LogP contribution in [0.3, 0.4) is 0 Å². The first-order valence-corrected chi connectivity index (χ1v) is 14.6. The number of thioether (sulfide) groups is 1. The lowest BCUT2D eigenvalue weighted by molar-refractivity contribution is 0.354. The average Bonchev–Trinajstić information content (AvgIpc) is 3.31. The molecule has 1 aliphatic heterocycles. The van der Waals surface area contributed by atoms with Crippen LogP contribution in [-0.2, 0) is 6.42 Å². The van der Waals surface area contributed by atoms with Gasteiger partial charge in [-0.2, -0.15) is 0 Å². The maximum atomic E-state index is 7.19. The lowest BCUT2D eigenvalue weighted by atomic mass is 9.75. The van der Waals surface area contributed by atoms with Crippen LogP contribution in [0.1, 0.15) is 62.1 Å². The summed E-state index contributed by atoms with van der Waals surface area (Å²) in [5.74, 6) is 0. The number of hydrogen-bond donors (Lipinski definition) is 0. The van der Waals surface area contributed by atoms with Gasteiger partial charge in [0.1, 0.15) is 0 Å². The zero-order valence-corrected chi connectivity index (χ0v) is 24.0. The maximum Gasteiger partial charge on any atom is 0.0804 e. The number of anilines is 1. The zero-order chi connectivity index (χ0) is 24.9. The third-order valence-corrected chi connectivity index (χ3v) is 9.76. The molecule has 0 amide bonds. The Morgan fingerprint density at radius 1 is 1.00 bits per heavy atom. The van der Waals surface area contributed by atoms with Gasteiger partial charge in [0.05, 0.1) is 10.7 Å². The second-order valence-electron chi connectivity index (χ2n) is 10.6. The van der Waals surface area contributed by atoms with Crippen molar-refractivity contribution in [3.8, 4) is 0 Å². The Morgan fingerprint density at radius 3 is 2.49 bits per heavy atom. The molecule has 4 heteroatoms. The normalized spacial score (nSPS) is 19.9. The predicted octanol–water partition coefficient (Wildman–Crippen LogP) is 10.3. The van der Waals surface area contributed by atoms with E-state index in [-0.39, 0.29) is 5.41 Å². The standard InChI is InChI=1S/C31H34ClNS2/c1-7-23-24-11-9-19(3)13-26(24)34-27(23)15-21-17-31(5,6)18-22(30(21)32)16-29-33(8-2)25-12-10-20(4)14-28(25)35-29/h9-16H,7-8,17-18H2,1-6H3/b21-15+,29-16-. The van der Waals surface area contributed by atoms with Crippen molar-refractivity contribution in [2.75, 3.05) is 11.4 Å². The van der Waals surface area contributed by atoms with E-state index in [9.17, 15) is 0 Å². The van der Waals surface area contributed by atoms with Gasteiger partial charge < -0.3 is 4.90 Å². The van der Waals surface area contributed by atoms with Crippen molar-refractivity contribution in [3.63, 3.8) is 0 Å². The largest absolute Gasteiger partial charge is 0.335 e. The van der Waals surface area contributed by atoms with E-state index in [1.807, 2.05) is 23.1 Å². The van der Waals surface area contributed by atoms with Gasteiger partial charge in [0.15, 0.2) is 0 Å². The highest BCUT2D eigenvalue weighted by molar-refractivity contribution is 8.03. The molecule has 0 fully saturated rings. The Bertz CT molecular complexity index is 1400. The van der Waals surface area contributed by atoms with Gasteiger partial charge in [-0.25, -0.2) is 0 Å². The van der Waals surface area contributed by atoms with Gasteiger partial charge in [0, 0.05) is 26.0 Å². The highest BCUT2D eigenvalue weighted by atomic mass is 35.5. The molecule has 1 aliphatic carbocycles. The predicted molar refractivity (Wildman–Crippen MR) is 158 cm³/mol. The number of allylic oxidation sites excluding steroid dienone is 4. The molecular formula is C31H34ClNS2. The van der Waals surface area contributed by atoms with Crippen LogP contribution >= 0.6 is 34.7 Å². The zero-order valence-electron chi connectivity index (χ0n) is 21.6. The number of fused-ring (bicyclic) bond motifs is 2. The van der Waals surface area contributed by atoms with Crippen molar-refractivity contribution in [2.45, 2.75) is 65.7 Å². The minimum absolute atomic E-state index is 0.167. The van der Waals surface area contributed by atoms with Gasteiger partial charge >= 0.3 is 0 Å². The molecule has 0 atom stereocenters. The maximum absolute atomic E-state index is 7.19. The Balaban J connectivity index is 1.59. The molecular weight excluding hydrogens is 486 g/mol. The van der Waals surface area contributed by atoms with Crippen LogP contribution in [-0.4, -0.2) is 6.54 Å². The minimum Gasteiger partial charge on any atom is -0.335 e. The molecule has 2 aromatic carbocycles. The Morgan fingerprint density at radius 2 is 1.74 bits per heavy atom. The first-order valence-electron chi connectivity index (χ1n) is 12.6. The van der Waals surface area contributed by atoms with Crippen molar-refractivity contribution in [2.24, 2.45) is 5.41 Å². The van der Waals surface area contributed by atoms with Crippen molar-refractivity contribution < 1.29 is 0 Å². The van der Waals surface area contributed by atoms with Gasteiger partial charge in [-0.1, -0.05) is 62.3 Å². The van der Waals surface area contributed by atoms with Crippen molar-refractivity contribution in [3.05, 3.63) is 85.2 Å². The number of aryl methyl sites for hydroxylation is 3. The SMILES string of the molecule is CCc1c(/C=C2\CC(C)(C)CC(/C=C3\Sc4cc(C)ccc4N3CC)=C2Cl)sc2cc(C)ccc12. The summed E-state index contributed by atoms with van der Waals surface area (Å²) in [6, 6.07) is 13.6. The van der Waals surface area contributed by atoms with Crippen molar-refractivity contribution in [1.29, 1.82) is 0 Å². The summed E-state index contributed by atoms with van der Waals surface area (Å²) >= 11 is 11.0. The average molecular weight is 520 g/mol. The van der Waals surface area contributed by atoms with E-state index in [1.54, 1.807) is 0 Å². The lowest BCUT2D eigenvalue weighted by Gasteiger charge is -2.33. The number of benzene rings is 2. The van der Waals surface area contributed by atoms with Gasteiger partial charge in [-0.15, -0.1) is 11.3 Å². The van der Waals surface area contributed by atoms with E-state index >= 15 is 0 Å². The third kappa shape index (κ3) is 4.75. The third-order valence-electron chi connectivity index (χ3n) is 7.04. The molecule has 5 rings (SSSR count). The highest BCUT2D eigenvalue weighted by Gasteiger charge is 2.31. The summed E-state index contributed by atoms with van der Waals surface area (Å²) in [4.78, 5) is 5.12. The number of hydrogen-bond acceptors (Lipinski definition) is 3.